The van der Waals surface area contributed by atoms with Crippen LogP contribution in [0, 0.1) is 0 Å². The highest BCUT2D eigenvalue weighted by atomic mass is 16.6. The lowest BCUT2D eigenvalue weighted by Gasteiger charge is -2.25. The molecule has 4 rings (SSSR count). The van der Waals surface area contributed by atoms with Gasteiger partial charge < -0.3 is 20.3 Å². The third-order valence-corrected chi connectivity index (χ3v) is 4.93. The molecule has 2 aromatic rings. The zero-order valence-corrected chi connectivity index (χ0v) is 14.8. The Balaban J connectivity index is 1.31. The minimum absolute atomic E-state index is 0.161. The molecule has 0 aromatic carbocycles. The number of aromatic nitrogens is 4. The Morgan fingerprint density at radius 3 is 2.93 bits per heavy atom. The Morgan fingerprint density at radius 2 is 2.15 bits per heavy atom. The number of urea groups is 1. The van der Waals surface area contributed by atoms with E-state index in [2.05, 4.69) is 30.8 Å². The van der Waals surface area contributed by atoms with E-state index in [0.29, 0.717) is 37.7 Å². The topological polar surface area (TPSA) is 125 Å². The van der Waals surface area contributed by atoms with E-state index in [9.17, 15) is 9.59 Å². The molecule has 0 radical (unpaired) electrons. The van der Waals surface area contributed by atoms with Crippen LogP contribution >= 0.6 is 0 Å². The van der Waals surface area contributed by atoms with Crippen LogP contribution in [-0.4, -0.2) is 62.4 Å². The van der Waals surface area contributed by atoms with Crippen LogP contribution in [0.4, 0.5) is 9.59 Å². The van der Waals surface area contributed by atoms with Crippen LogP contribution in [0.2, 0.25) is 0 Å². The Kier molecular flexibility index (Phi) is 4.61. The van der Waals surface area contributed by atoms with E-state index in [4.69, 9.17) is 4.74 Å². The summed E-state index contributed by atoms with van der Waals surface area (Å²) in [6, 6.07) is 3.48. The van der Waals surface area contributed by atoms with Crippen molar-refractivity contribution in [2.75, 3.05) is 19.6 Å². The number of alkyl carbamates (subject to hydrolysis) is 1. The Morgan fingerprint density at radius 1 is 1.30 bits per heavy atom. The third-order valence-electron chi connectivity index (χ3n) is 4.93. The van der Waals surface area contributed by atoms with E-state index in [1.54, 1.807) is 17.3 Å². The normalized spacial score (nSPS) is 22.2. The molecule has 2 aliphatic rings. The zero-order valence-electron chi connectivity index (χ0n) is 14.8. The van der Waals surface area contributed by atoms with Crippen molar-refractivity contribution < 1.29 is 14.3 Å². The maximum atomic E-state index is 12.5. The van der Waals surface area contributed by atoms with Gasteiger partial charge in [-0.15, -0.1) is 0 Å². The van der Waals surface area contributed by atoms with Crippen LogP contribution in [0.3, 0.4) is 0 Å². The number of hydrogen-bond donors (Lipinski definition) is 3. The Labute approximate surface area is 155 Å². The second-order valence-electron chi connectivity index (χ2n) is 6.77. The highest BCUT2D eigenvalue weighted by Crippen LogP contribution is 2.29. The molecule has 2 aromatic heterocycles. The fraction of sp³-hybridized carbons (Fsp3) is 0.471. The smallest absolute Gasteiger partial charge is 0.407 e. The van der Waals surface area contributed by atoms with Crippen molar-refractivity contribution in [1.29, 1.82) is 0 Å². The summed E-state index contributed by atoms with van der Waals surface area (Å²) < 4.78 is 5.44. The number of rotatable bonds is 3. The van der Waals surface area contributed by atoms with Gasteiger partial charge in [0.25, 0.3) is 0 Å². The molecule has 0 aliphatic carbocycles. The van der Waals surface area contributed by atoms with Crippen LogP contribution in [-0.2, 0) is 11.3 Å². The first-order valence-corrected chi connectivity index (χ1v) is 8.95. The number of likely N-dealkylation sites (tertiary alicyclic amines) is 1. The van der Waals surface area contributed by atoms with Crippen molar-refractivity contribution in [3.63, 3.8) is 0 Å². The zero-order chi connectivity index (χ0) is 18.7. The monoisotopic (exact) mass is 371 g/mol. The van der Waals surface area contributed by atoms with Crippen LogP contribution in [0.25, 0.3) is 11.4 Å². The number of hydrogen-bond acceptors (Lipinski definition) is 6. The lowest BCUT2D eigenvalue weighted by Crippen LogP contribution is -2.41. The average Bonchev–Trinajstić information content (AvgIpc) is 3.24. The number of carbonyl (C=O) groups excluding carboxylic acids is 2. The molecule has 2 fully saturated rings. The highest BCUT2D eigenvalue weighted by Gasteiger charge is 2.41. The summed E-state index contributed by atoms with van der Waals surface area (Å²) in [6.07, 6.45) is 5.16. The van der Waals surface area contributed by atoms with Gasteiger partial charge in [-0.2, -0.15) is 5.10 Å². The summed E-state index contributed by atoms with van der Waals surface area (Å²) in [4.78, 5) is 34.0. The minimum atomic E-state index is -0.476. The van der Waals surface area contributed by atoms with Gasteiger partial charge in [-0.1, -0.05) is 0 Å². The number of pyridine rings is 1. The molecule has 2 aliphatic heterocycles. The fourth-order valence-corrected chi connectivity index (χ4v) is 3.43. The summed E-state index contributed by atoms with van der Waals surface area (Å²) in [5, 5.41) is 12.6. The van der Waals surface area contributed by atoms with Gasteiger partial charge in [0.15, 0.2) is 5.82 Å². The lowest BCUT2D eigenvalue weighted by atomic mass is 9.95. The number of ether oxygens (including phenoxy) is 1. The first-order valence-electron chi connectivity index (χ1n) is 8.95. The van der Waals surface area contributed by atoms with Crippen LogP contribution in [0.5, 0.6) is 0 Å². The maximum Gasteiger partial charge on any atom is 0.407 e. The largest absolute Gasteiger partial charge is 0.441 e. The summed E-state index contributed by atoms with van der Waals surface area (Å²) >= 11 is 0. The van der Waals surface area contributed by atoms with E-state index < -0.39 is 5.60 Å². The average molecular weight is 371 g/mol. The van der Waals surface area contributed by atoms with Crippen LogP contribution < -0.4 is 10.6 Å². The van der Waals surface area contributed by atoms with Gasteiger partial charge in [0.1, 0.15) is 11.4 Å². The predicted molar refractivity (Wildman–Crippen MR) is 94.5 cm³/mol. The molecule has 142 valence electrons. The van der Waals surface area contributed by atoms with Crippen molar-refractivity contribution in [1.82, 2.24) is 35.7 Å². The number of aromatic amines is 1. The van der Waals surface area contributed by atoms with Crippen molar-refractivity contribution in [2.45, 2.75) is 31.4 Å². The van der Waals surface area contributed by atoms with E-state index in [-0.39, 0.29) is 18.7 Å². The molecule has 0 unspecified atom stereocenters. The van der Waals surface area contributed by atoms with Gasteiger partial charge in [0, 0.05) is 37.5 Å². The van der Waals surface area contributed by atoms with Crippen LogP contribution in [0.1, 0.15) is 25.1 Å². The summed E-state index contributed by atoms with van der Waals surface area (Å²) in [6.45, 7) is 1.94. The second-order valence-corrected chi connectivity index (χ2v) is 6.77. The molecule has 1 spiro atoms. The summed E-state index contributed by atoms with van der Waals surface area (Å²) in [5.41, 5.74) is 0.382. The number of nitrogens with one attached hydrogen (secondary N) is 3. The molecule has 1 atom stereocenters. The molecule has 27 heavy (non-hydrogen) atoms. The van der Waals surface area contributed by atoms with Crippen molar-refractivity contribution >= 4 is 12.1 Å². The first kappa shape index (κ1) is 17.3. The minimum Gasteiger partial charge on any atom is -0.441 e. The Bertz CT molecular complexity index is 825. The number of H-pyrrole nitrogens is 1. The van der Waals surface area contributed by atoms with E-state index in [1.165, 1.54) is 0 Å². The first-order chi connectivity index (χ1) is 13.1. The molecule has 2 saturated heterocycles. The van der Waals surface area contributed by atoms with Gasteiger partial charge in [0.2, 0.25) is 0 Å². The number of carbonyl (C=O) groups is 2. The summed E-state index contributed by atoms with van der Waals surface area (Å²) in [7, 11) is 0. The molecule has 3 N–H and O–H groups in total. The van der Waals surface area contributed by atoms with Gasteiger partial charge in [0.05, 0.1) is 13.1 Å². The van der Waals surface area contributed by atoms with Gasteiger partial charge >= 0.3 is 12.1 Å². The molecule has 0 bridgehead atoms. The molecule has 10 nitrogen and oxygen atoms in total. The molecule has 3 amide bonds. The predicted octanol–water partition coefficient (Wildman–Crippen LogP) is 1.04. The van der Waals surface area contributed by atoms with Crippen molar-refractivity contribution in [3.05, 3.63) is 30.4 Å². The number of amides is 3. The van der Waals surface area contributed by atoms with E-state index >= 15 is 0 Å². The van der Waals surface area contributed by atoms with Crippen LogP contribution in [0.15, 0.2) is 24.5 Å². The third kappa shape index (κ3) is 3.83. The SMILES string of the molecule is O=C1NC[C@]2(CCCN(C(=O)NCc3nc(-c4ccncc4)n[nH]3)CC2)O1. The van der Waals surface area contributed by atoms with Gasteiger partial charge in [-0.3, -0.25) is 10.1 Å². The standard InChI is InChI=1S/C17H21N7O3/c25-15(24-8-1-4-17(5-9-24)11-20-16(26)27-17)19-10-13-21-14(23-22-13)12-2-6-18-7-3-12/h2-3,6-7H,1,4-5,8-11H2,(H,19,25)(H,20,26)(H,21,22,23)/t17-/m1/s1. The van der Waals surface area contributed by atoms with Gasteiger partial charge in [-0.25, -0.2) is 14.6 Å². The lowest BCUT2D eigenvalue weighted by molar-refractivity contribution is 0.0453. The van der Waals surface area contributed by atoms with E-state index in [1.807, 2.05) is 12.1 Å². The number of nitrogens with zero attached hydrogens (tertiary/aromatic N) is 4. The molecule has 10 heteroatoms. The fourth-order valence-electron chi connectivity index (χ4n) is 3.43. The molecule has 0 saturated carbocycles. The quantitative estimate of drug-likeness (QED) is 0.740. The molecular formula is C17H21N7O3. The van der Waals surface area contributed by atoms with Crippen molar-refractivity contribution in [2.24, 2.45) is 0 Å². The highest BCUT2D eigenvalue weighted by molar-refractivity contribution is 5.74. The summed E-state index contributed by atoms with van der Waals surface area (Å²) in [5.74, 6) is 1.14. The van der Waals surface area contributed by atoms with Crippen molar-refractivity contribution in [3.8, 4) is 11.4 Å². The second kappa shape index (κ2) is 7.22. The molecule has 4 heterocycles. The molecular weight excluding hydrogens is 350 g/mol. The van der Waals surface area contributed by atoms with Gasteiger partial charge in [-0.05, 0) is 25.0 Å². The Hall–Kier alpha value is -3.17. The van der Waals surface area contributed by atoms with E-state index in [0.717, 1.165) is 18.4 Å². The maximum absolute atomic E-state index is 12.5.